The highest BCUT2D eigenvalue weighted by molar-refractivity contribution is 6.30. The molecule has 0 spiro atoms. The minimum atomic E-state index is -1.16. The van der Waals surface area contributed by atoms with E-state index in [0.717, 1.165) is 82.2 Å². The number of allylic oxidation sites excluding steroid dienone is 1. The third kappa shape index (κ3) is 5.61. The third-order valence-corrected chi connectivity index (χ3v) is 18.1. The molecule has 1 saturated heterocycles. The molecule has 0 amide bonds. The van der Waals surface area contributed by atoms with Crippen LogP contribution in [0.5, 0.6) is 0 Å². The van der Waals surface area contributed by atoms with E-state index in [1.807, 2.05) is 0 Å². The zero-order valence-electron chi connectivity index (χ0n) is 35.6. The molecule has 0 aromatic carbocycles. The fraction of sp³-hybridized carbons (Fsp3) is 0.804. The zero-order chi connectivity index (χ0) is 40.6. The first kappa shape index (κ1) is 40.4. The summed E-state index contributed by atoms with van der Waals surface area (Å²) in [6.07, 6.45) is 13.6. The van der Waals surface area contributed by atoms with E-state index in [1.54, 1.807) is 26.2 Å². The third-order valence-electron chi connectivity index (χ3n) is 18.0. The molecule has 10 atom stereocenters. The smallest absolute Gasteiger partial charge is 0.309 e. The number of ketones is 1. The molecule has 9 nitrogen and oxygen atoms in total. The Morgan fingerprint density at radius 1 is 0.964 bits per heavy atom. The first-order chi connectivity index (χ1) is 26.1. The maximum atomic E-state index is 14.4. The van der Waals surface area contributed by atoms with Crippen molar-refractivity contribution in [3.05, 3.63) is 34.4 Å². The standard InChI is InChI=1S/C46H66ClN3O6/c1-26(2)36-30(51)21-45(34-25-50(27(3)55-34)46(19-20-46)38-48-23-28(47)24-49-38)18-17-43(9)29(37(36)45)11-12-32-42(8)15-14-33(56-35(52)22-40(4,5)39(53)54)41(6,7)31(42)13-16-44(32,43)10/h23-24,26-27,29,31-34H,11-22,25H2,1-10H3,(H,53,54)/t27?,29-,31?,32-,33+,34+,42+,43-,44-,45?/m1/s1. The number of esters is 1. The summed E-state index contributed by atoms with van der Waals surface area (Å²) in [5.74, 6) is 1.14. The van der Waals surface area contributed by atoms with Crippen LogP contribution in [0.15, 0.2) is 23.5 Å². The summed E-state index contributed by atoms with van der Waals surface area (Å²) < 4.78 is 13.3. The normalized spacial score (nSPS) is 41.5. The lowest BCUT2D eigenvalue weighted by atomic mass is 9.33. The Bertz CT molecular complexity index is 1840. The highest BCUT2D eigenvalue weighted by Gasteiger charge is 2.72. The van der Waals surface area contributed by atoms with Gasteiger partial charge in [-0.3, -0.25) is 19.3 Å². The van der Waals surface area contributed by atoms with Gasteiger partial charge in [-0.25, -0.2) is 9.97 Å². The zero-order valence-corrected chi connectivity index (χ0v) is 36.4. The number of carbonyl (C=O) groups excluding carboxylic acids is 2. The van der Waals surface area contributed by atoms with E-state index in [9.17, 15) is 19.5 Å². The summed E-state index contributed by atoms with van der Waals surface area (Å²) in [6, 6.07) is 0. The number of aliphatic carboxylic acids is 1. The molecule has 1 N–H and O–H groups in total. The van der Waals surface area contributed by atoms with Crippen molar-refractivity contribution >= 4 is 29.3 Å². The summed E-state index contributed by atoms with van der Waals surface area (Å²) in [4.78, 5) is 51.2. The minimum absolute atomic E-state index is 0.0299. The first-order valence-electron chi connectivity index (χ1n) is 21.7. The number of carbonyl (C=O) groups is 3. The molecular formula is C46H66ClN3O6. The van der Waals surface area contributed by atoms with Crippen LogP contribution in [0.1, 0.15) is 152 Å². The molecule has 7 aliphatic rings. The van der Waals surface area contributed by atoms with Gasteiger partial charge in [-0.2, -0.15) is 0 Å². The Balaban J connectivity index is 1.08. The predicted molar refractivity (Wildman–Crippen MR) is 214 cm³/mol. The van der Waals surface area contributed by atoms with Gasteiger partial charge in [0.1, 0.15) is 18.2 Å². The van der Waals surface area contributed by atoms with Crippen LogP contribution >= 0.6 is 11.6 Å². The van der Waals surface area contributed by atoms with E-state index in [0.29, 0.717) is 35.0 Å². The van der Waals surface area contributed by atoms with Crippen molar-refractivity contribution in [3.8, 4) is 0 Å². The van der Waals surface area contributed by atoms with Crippen molar-refractivity contribution in [1.29, 1.82) is 0 Å². The second-order valence-electron chi connectivity index (χ2n) is 21.7. The maximum absolute atomic E-state index is 14.4. The predicted octanol–water partition coefficient (Wildman–Crippen LogP) is 9.56. The van der Waals surface area contributed by atoms with Crippen LogP contribution in [-0.2, 0) is 29.4 Å². The lowest BCUT2D eigenvalue weighted by Crippen LogP contribution is -2.66. The van der Waals surface area contributed by atoms with Gasteiger partial charge < -0.3 is 14.6 Å². The number of rotatable bonds is 8. The van der Waals surface area contributed by atoms with Crippen molar-refractivity contribution in [2.45, 2.75) is 170 Å². The Hall–Kier alpha value is -2.36. The highest BCUT2D eigenvalue weighted by Crippen LogP contribution is 2.77. The second kappa shape index (κ2) is 13.1. The fourth-order valence-electron chi connectivity index (χ4n) is 14.7. The van der Waals surface area contributed by atoms with E-state index in [-0.39, 0.29) is 63.4 Å². The summed E-state index contributed by atoms with van der Waals surface area (Å²) in [7, 11) is 0. The van der Waals surface area contributed by atoms with E-state index >= 15 is 0 Å². The number of halogens is 1. The van der Waals surface area contributed by atoms with Crippen LogP contribution in [0.25, 0.3) is 0 Å². The molecule has 1 aromatic rings. The van der Waals surface area contributed by atoms with Crippen LogP contribution in [0.2, 0.25) is 5.02 Å². The number of ether oxygens (including phenoxy) is 2. The van der Waals surface area contributed by atoms with Gasteiger partial charge in [0.25, 0.3) is 0 Å². The largest absolute Gasteiger partial charge is 0.481 e. The minimum Gasteiger partial charge on any atom is -0.481 e. The molecule has 1 aliphatic heterocycles. The topological polar surface area (TPSA) is 119 Å². The number of Topliss-reactive ketones (excluding diaryl/α,β-unsaturated/α-hetero) is 1. The maximum Gasteiger partial charge on any atom is 0.309 e. The van der Waals surface area contributed by atoms with Crippen LogP contribution in [0, 0.1) is 56.2 Å². The number of hydrogen-bond acceptors (Lipinski definition) is 8. The Kier molecular flexibility index (Phi) is 9.43. The molecule has 10 heteroatoms. The van der Waals surface area contributed by atoms with Crippen molar-refractivity contribution < 1.29 is 29.0 Å². The van der Waals surface area contributed by atoms with Gasteiger partial charge in [-0.05, 0) is 130 Å². The number of hydrogen-bond donors (Lipinski definition) is 1. The van der Waals surface area contributed by atoms with Gasteiger partial charge in [-0.15, -0.1) is 0 Å². The Labute approximate surface area is 339 Å². The van der Waals surface area contributed by atoms with Gasteiger partial charge in [0.15, 0.2) is 5.78 Å². The fourth-order valence-corrected chi connectivity index (χ4v) is 14.8. The molecule has 8 rings (SSSR count). The summed E-state index contributed by atoms with van der Waals surface area (Å²) in [5, 5.41) is 10.2. The summed E-state index contributed by atoms with van der Waals surface area (Å²) >= 11 is 6.20. The molecule has 308 valence electrons. The second-order valence-corrected chi connectivity index (χ2v) is 22.1. The van der Waals surface area contributed by atoms with E-state index in [1.165, 1.54) is 5.57 Å². The van der Waals surface area contributed by atoms with Gasteiger partial charge in [0.05, 0.1) is 28.5 Å². The lowest BCUT2D eigenvalue weighted by Gasteiger charge is -2.72. The average molecular weight is 793 g/mol. The SMILES string of the molecule is CC(C)C1=C2[C@H]3CC[C@@H]4[C@@]5(C)CC[C@H](OC(=O)CC(C)(C)C(=O)O)C(C)(C)C5CC[C@@]4(C)[C@]3(C)CCC2([C@@H]2CN(C3(c4ncc(Cl)cn4)CC3)C(C)O2)CC1=O. The van der Waals surface area contributed by atoms with Crippen molar-refractivity contribution in [2.24, 2.45) is 56.2 Å². The Morgan fingerprint density at radius 3 is 2.27 bits per heavy atom. The number of carboxylic acid groups (broad SMARTS) is 1. The van der Waals surface area contributed by atoms with E-state index in [4.69, 9.17) is 21.1 Å². The van der Waals surface area contributed by atoms with Crippen LogP contribution < -0.4 is 0 Å². The van der Waals surface area contributed by atoms with Crippen LogP contribution in [-0.4, -0.2) is 62.7 Å². The van der Waals surface area contributed by atoms with Crippen molar-refractivity contribution in [3.63, 3.8) is 0 Å². The molecule has 2 heterocycles. The number of nitrogens with zero attached hydrogens (tertiary/aromatic N) is 3. The summed E-state index contributed by atoms with van der Waals surface area (Å²) in [6.45, 7) is 22.9. The van der Waals surface area contributed by atoms with E-state index in [2.05, 4.69) is 70.3 Å². The first-order valence-corrected chi connectivity index (χ1v) is 22.1. The summed E-state index contributed by atoms with van der Waals surface area (Å²) in [5.41, 5.74) is 0.789. The van der Waals surface area contributed by atoms with Crippen molar-refractivity contribution in [2.75, 3.05) is 6.54 Å². The van der Waals surface area contributed by atoms with Gasteiger partial charge in [0, 0.05) is 36.2 Å². The molecule has 3 unspecified atom stereocenters. The molecule has 6 fully saturated rings. The lowest BCUT2D eigenvalue weighted by molar-refractivity contribution is -0.235. The molecule has 1 aromatic heterocycles. The molecule has 6 aliphatic carbocycles. The Morgan fingerprint density at radius 2 is 1.64 bits per heavy atom. The molecule has 56 heavy (non-hydrogen) atoms. The van der Waals surface area contributed by atoms with Crippen molar-refractivity contribution in [1.82, 2.24) is 14.9 Å². The van der Waals surface area contributed by atoms with Crippen LogP contribution in [0.3, 0.4) is 0 Å². The van der Waals surface area contributed by atoms with Gasteiger partial charge in [0.2, 0.25) is 0 Å². The number of fused-ring (bicyclic) bond motifs is 7. The molecule has 5 saturated carbocycles. The average Bonchev–Trinajstić information content (AvgIpc) is 3.71. The monoisotopic (exact) mass is 791 g/mol. The van der Waals surface area contributed by atoms with E-state index < -0.39 is 17.4 Å². The number of aromatic nitrogens is 2. The molecule has 0 bridgehead atoms. The van der Waals surface area contributed by atoms with Crippen LogP contribution in [0.4, 0.5) is 0 Å². The van der Waals surface area contributed by atoms with Gasteiger partial charge >= 0.3 is 11.9 Å². The highest BCUT2D eigenvalue weighted by atomic mass is 35.5. The quantitative estimate of drug-likeness (QED) is 0.257. The molecule has 0 radical (unpaired) electrons. The number of carboxylic acids is 1. The van der Waals surface area contributed by atoms with Gasteiger partial charge in [-0.1, -0.05) is 65.6 Å². The molecular weight excluding hydrogens is 726 g/mol.